The van der Waals surface area contributed by atoms with Crippen LogP contribution in [-0.2, 0) is 4.79 Å². The van der Waals surface area contributed by atoms with E-state index in [0.29, 0.717) is 13.0 Å². The lowest BCUT2D eigenvalue weighted by atomic mass is 10.2. The first-order valence-electron chi connectivity index (χ1n) is 5.29. The largest absolute Gasteiger partial charge is 0.393 e. The molecule has 1 N–H and O–H groups in total. The zero-order valence-electron chi connectivity index (χ0n) is 9.87. The van der Waals surface area contributed by atoms with Crippen molar-refractivity contribution < 1.29 is 9.90 Å². The molecule has 16 heavy (non-hydrogen) atoms. The molecule has 1 amide bonds. The number of hydrogen-bond acceptors (Lipinski definition) is 4. The molecule has 1 aromatic heterocycles. The van der Waals surface area contributed by atoms with Crippen LogP contribution in [0.15, 0.2) is 12.7 Å². The summed E-state index contributed by atoms with van der Waals surface area (Å²) in [5.41, 5.74) is 0. The lowest BCUT2D eigenvalue weighted by Gasteiger charge is -2.21. The minimum Gasteiger partial charge on any atom is -0.393 e. The van der Waals surface area contributed by atoms with Crippen LogP contribution in [-0.4, -0.2) is 50.4 Å². The van der Waals surface area contributed by atoms with Gasteiger partial charge < -0.3 is 10.0 Å². The summed E-state index contributed by atoms with van der Waals surface area (Å²) in [6, 6.07) is -0.360. The maximum Gasteiger partial charge on any atom is 0.246 e. The molecule has 2 atom stereocenters. The van der Waals surface area contributed by atoms with Crippen molar-refractivity contribution in [1.82, 2.24) is 19.7 Å². The molecule has 0 radical (unpaired) electrons. The highest BCUT2D eigenvalue weighted by Crippen LogP contribution is 2.07. The first kappa shape index (κ1) is 12.6. The second-order valence-corrected chi connectivity index (χ2v) is 3.95. The van der Waals surface area contributed by atoms with Crippen molar-refractivity contribution >= 4 is 5.91 Å². The van der Waals surface area contributed by atoms with E-state index in [1.165, 1.54) is 17.3 Å². The minimum atomic E-state index is -0.392. The quantitative estimate of drug-likeness (QED) is 0.771. The van der Waals surface area contributed by atoms with Crippen molar-refractivity contribution in [2.75, 3.05) is 13.6 Å². The number of rotatable bonds is 5. The zero-order valence-corrected chi connectivity index (χ0v) is 9.87. The predicted molar refractivity (Wildman–Crippen MR) is 58.7 cm³/mol. The van der Waals surface area contributed by atoms with E-state index in [2.05, 4.69) is 10.1 Å². The highest BCUT2D eigenvalue weighted by atomic mass is 16.3. The molecule has 1 rings (SSSR count). The van der Waals surface area contributed by atoms with Gasteiger partial charge in [0, 0.05) is 13.6 Å². The van der Waals surface area contributed by atoms with Crippen LogP contribution in [0.1, 0.15) is 26.3 Å². The van der Waals surface area contributed by atoms with E-state index >= 15 is 0 Å². The average Bonchev–Trinajstić information content (AvgIpc) is 2.77. The smallest absolute Gasteiger partial charge is 0.246 e. The number of carbonyl (C=O) groups excluding carboxylic acids is 1. The Morgan fingerprint density at radius 3 is 2.75 bits per heavy atom. The molecule has 0 spiro atoms. The SMILES string of the molecule is CC(O)CCN(C)C(=O)C(C)n1cncn1. The standard InChI is InChI=1S/C10H18N4O2/c1-8(15)4-5-13(3)10(16)9(2)14-7-11-6-12-14/h6-9,15H,4-5H2,1-3H3. The first-order valence-corrected chi connectivity index (χ1v) is 5.29. The van der Waals surface area contributed by atoms with Crippen LogP contribution < -0.4 is 0 Å². The Morgan fingerprint density at radius 1 is 1.56 bits per heavy atom. The number of carbonyl (C=O) groups is 1. The molecule has 1 heterocycles. The van der Waals surface area contributed by atoms with Crippen molar-refractivity contribution in [3.05, 3.63) is 12.7 Å². The minimum absolute atomic E-state index is 0.0360. The molecule has 1 aromatic rings. The Balaban J connectivity index is 2.50. The Kier molecular flexibility index (Phi) is 4.42. The monoisotopic (exact) mass is 226 g/mol. The number of hydrogen-bond donors (Lipinski definition) is 1. The van der Waals surface area contributed by atoms with Gasteiger partial charge in [-0.05, 0) is 20.3 Å². The van der Waals surface area contributed by atoms with E-state index in [0.717, 1.165) is 0 Å². The molecule has 6 nitrogen and oxygen atoms in total. The molecule has 0 saturated heterocycles. The summed E-state index contributed by atoms with van der Waals surface area (Å²) in [5, 5.41) is 13.1. The van der Waals surface area contributed by atoms with Crippen LogP contribution in [0, 0.1) is 0 Å². The molecular weight excluding hydrogens is 208 g/mol. The highest BCUT2D eigenvalue weighted by Gasteiger charge is 2.19. The van der Waals surface area contributed by atoms with E-state index < -0.39 is 6.10 Å². The van der Waals surface area contributed by atoms with Crippen molar-refractivity contribution in [2.45, 2.75) is 32.4 Å². The topological polar surface area (TPSA) is 71.2 Å². The number of aliphatic hydroxyl groups is 1. The Bertz CT molecular complexity index is 324. The number of nitrogens with zero attached hydrogens (tertiary/aromatic N) is 4. The van der Waals surface area contributed by atoms with Crippen LogP contribution in [0.5, 0.6) is 0 Å². The second-order valence-electron chi connectivity index (χ2n) is 3.95. The third kappa shape index (κ3) is 3.30. The van der Waals surface area contributed by atoms with Crippen LogP contribution >= 0.6 is 0 Å². The van der Waals surface area contributed by atoms with Gasteiger partial charge in [-0.1, -0.05) is 0 Å². The number of aliphatic hydroxyl groups excluding tert-OH is 1. The lowest BCUT2D eigenvalue weighted by molar-refractivity contribution is -0.133. The molecule has 0 aliphatic carbocycles. The summed E-state index contributed by atoms with van der Waals surface area (Å²) >= 11 is 0. The molecule has 0 aliphatic rings. The third-order valence-corrected chi connectivity index (χ3v) is 2.45. The van der Waals surface area contributed by atoms with Crippen LogP contribution in [0.4, 0.5) is 0 Å². The van der Waals surface area contributed by atoms with Gasteiger partial charge in [0.15, 0.2) is 0 Å². The fourth-order valence-corrected chi connectivity index (χ4v) is 1.34. The predicted octanol–water partition coefficient (Wildman–Crippen LogP) is 0.0684. The summed E-state index contributed by atoms with van der Waals surface area (Å²) in [6.07, 6.45) is 3.11. The summed E-state index contributed by atoms with van der Waals surface area (Å²) in [4.78, 5) is 17.3. The van der Waals surface area contributed by atoms with Crippen LogP contribution in [0.2, 0.25) is 0 Å². The number of amides is 1. The van der Waals surface area contributed by atoms with Crippen molar-refractivity contribution in [1.29, 1.82) is 0 Å². The highest BCUT2D eigenvalue weighted by molar-refractivity contribution is 5.79. The maximum atomic E-state index is 11.9. The van der Waals surface area contributed by atoms with Gasteiger partial charge >= 0.3 is 0 Å². The Morgan fingerprint density at radius 2 is 2.25 bits per heavy atom. The van der Waals surface area contributed by atoms with Crippen molar-refractivity contribution in [3.63, 3.8) is 0 Å². The van der Waals surface area contributed by atoms with Gasteiger partial charge in [-0.2, -0.15) is 5.10 Å². The fourth-order valence-electron chi connectivity index (χ4n) is 1.34. The summed E-state index contributed by atoms with van der Waals surface area (Å²) in [6.45, 7) is 4.02. The van der Waals surface area contributed by atoms with Gasteiger partial charge in [0.05, 0.1) is 6.10 Å². The molecule has 0 bridgehead atoms. The van der Waals surface area contributed by atoms with E-state index in [4.69, 9.17) is 5.11 Å². The van der Waals surface area contributed by atoms with Crippen LogP contribution in [0.25, 0.3) is 0 Å². The molecule has 0 aliphatic heterocycles. The second kappa shape index (κ2) is 5.60. The van der Waals surface area contributed by atoms with Gasteiger partial charge in [0.2, 0.25) is 5.91 Å². The van der Waals surface area contributed by atoms with E-state index in [9.17, 15) is 4.79 Å². The molecule has 0 saturated carbocycles. The Labute approximate surface area is 94.9 Å². The lowest BCUT2D eigenvalue weighted by Crippen LogP contribution is -2.35. The van der Waals surface area contributed by atoms with Crippen LogP contribution in [0.3, 0.4) is 0 Å². The van der Waals surface area contributed by atoms with E-state index in [-0.39, 0.29) is 11.9 Å². The number of likely N-dealkylation sites (N-methyl/N-ethyl adjacent to an activating group) is 1. The zero-order chi connectivity index (χ0) is 12.1. The normalized spacial score (nSPS) is 14.5. The molecular formula is C10H18N4O2. The average molecular weight is 226 g/mol. The first-order chi connectivity index (χ1) is 7.52. The molecule has 0 aromatic carbocycles. The van der Waals surface area contributed by atoms with Gasteiger partial charge in [-0.15, -0.1) is 0 Å². The molecule has 0 fully saturated rings. The maximum absolute atomic E-state index is 11.9. The van der Waals surface area contributed by atoms with E-state index in [1.54, 1.807) is 25.8 Å². The van der Waals surface area contributed by atoms with Gasteiger partial charge in [0.25, 0.3) is 0 Å². The molecule has 90 valence electrons. The molecule has 2 unspecified atom stereocenters. The molecule has 6 heteroatoms. The van der Waals surface area contributed by atoms with Gasteiger partial charge in [0.1, 0.15) is 18.7 Å². The summed E-state index contributed by atoms with van der Waals surface area (Å²) < 4.78 is 1.52. The van der Waals surface area contributed by atoms with Gasteiger partial charge in [-0.25, -0.2) is 9.67 Å². The van der Waals surface area contributed by atoms with Crippen molar-refractivity contribution in [3.8, 4) is 0 Å². The number of aromatic nitrogens is 3. The third-order valence-electron chi connectivity index (χ3n) is 2.45. The summed E-state index contributed by atoms with van der Waals surface area (Å²) in [7, 11) is 1.72. The summed E-state index contributed by atoms with van der Waals surface area (Å²) in [5.74, 6) is -0.0360. The fraction of sp³-hybridized carbons (Fsp3) is 0.700. The van der Waals surface area contributed by atoms with E-state index in [1.807, 2.05) is 0 Å². The Hall–Kier alpha value is -1.43. The van der Waals surface area contributed by atoms with Crippen molar-refractivity contribution in [2.24, 2.45) is 0 Å². The van der Waals surface area contributed by atoms with Gasteiger partial charge in [-0.3, -0.25) is 4.79 Å².